The molecule has 0 bridgehead atoms. The van der Waals surface area contributed by atoms with E-state index >= 15 is 0 Å². The lowest BCUT2D eigenvalue weighted by atomic mass is 9.99. The van der Waals surface area contributed by atoms with E-state index in [9.17, 15) is 9.59 Å². The smallest absolute Gasteiger partial charge is 0.312 e. The number of carbonyl (C=O) groups is 2. The predicted octanol–water partition coefficient (Wildman–Crippen LogP) is -0.236. The van der Waals surface area contributed by atoms with Gasteiger partial charge in [0.15, 0.2) is 0 Å². The minimum atomic E-state index is -0.734. The zero-order valence-electron chi connectivity index (χ0n) is 10.5. The van der Waals surface area contributed by atoms with Gasteiger partial charge in [0, 0.05) is 7.11 Å². The van der Waals surface area contributed by atoms with E-state index in [1.54, 1.807) is 0 Å². The van der Waals surface area contributed by atoms with Crippen molar-refractivity contribution in [2.24, 2.45) is 11.7 Å². The van der Waals surface area contributed by atoms with E-state index in [1.165, 1.54) is 7.11 Å². The molecule has 3 amide bonds. The zero-order valence-corrected chi connectivity index (χ0v) is 10.5. The molecule has 0 aliphatic carbocycles. The van der Waals surface area contributed by atoms with Gasteiger partial charge in [0.2, 0.25) is 0 Å². The molecule has 0 fully saturated rings. The number of hydroxylamine groups is 1. The Hall–Kier alpha value is -1.34. The van der Waals surface area contributed by atoms with Crippen LogP contribution in [0, 0.1) is 5.92 Å². The largest absolute Gasteiger partial charge is 0.382 e. The Bertz CT molecular complexity index is 248. The standard InChI is InChI=1S/C10H21N3O4/c1-4-7(2)8(12-10(11)15)9(14)13-17-6-5-16-3/h7-8H,4-6H2,1-3H3,(H,13,14)(H3,11,12,15). The minimum Gasteiger partial charge on any atom is -0.382 e. The summed E-state index contributed by atoms with van der Waals surface area (Å²) in [5.74, 6) is -0.456. The Morgan fingerprint density at radius 1 is 1.35 bits per heavy atom. The molecule has 0 aliphatic heterocycles. The Morgan fingerprint density at radius 3 is 2.47 bits per heavy atom. The van der Waals surface area contributed by atoms with Crippen LogP contribution < -0.4 is 16.5 Å². The van der Waals surface area contributed by atoms with Crippen molar-refractivity contribution < 1.29 is 19.2 Å². The van der Waals surface area contributed by atoms with Crippen molar-refractivity contribution in [3.05, 3.63) is 0 Å². The van der Waals surface area contributed by atoms with Crippen LogP contribution in [-0.4, -0.2) is 38.3 Å². The SMILES string of the molecule is CCC(C)C(NC(N)=O)C(=O)NOCCOC. The second-order valence-electron chi connectivity index (χ2n) is 3.68. The Labute approximate surface area is 101 Å². The van der Waals surface area contributed by atoms with Crippen molar-refractivity contribution in [2.45, 2.75) is 26.3 Å². The molecule has 0 rings (SSSR count). The van der Waals surface area contributed by atoms with Crippen LogP contribution in [0.3, 0.4) is 0 Å². The maximum atomic E-state index is 11.7. The molecule has 4 N–H and O–H groups in total. The molecule has 0 aliphatic rings. The average Bonchev–Trinajstić information content (AvgIpc) is 2.30. The fraction of sp³-hybridized carbons (Fsp3) is 0.800. The third-order valence-electron chi connectivity index (χ3n) is 2.36. The van der Waals surface area contributed by atoms with Crippen LogP contribution in [0.25, 0.3) is 0 Å². The van der Waals surface area contributed by atoms with E-state index in [1.807, 2.05) is 13.8 Å². The van der Waals surface area contributed by atoms with Gasteiger partial charge in [0.25, 0.3) is 5.91 Å². The van der Waals surface area contributed by atoms with Gasteiger partial charge in [-0.2, -0.15) is 0 Å². The van der Waals surface area contributed by atoms with Gasteiger partial charge in [-0.3, -0.25) is 9.63 Å². The maximum Gasteiger partial charge on any atom is 0.312 e. The average molecular weight is 247 g/mol. The summed E-state index contributed by atoms with van der Waals surface area (Å²) in [6, 6.07) is -1.43. The van der Waals surface area contributed by atoms with Crippen LogP contribution in [0.2, 0.25) is 0 Å². The van der Waals surface area contributed by atoms with E-state index in [-0.39, 0.29) is 12.5 Å². The van der Waals surface area contributed by atoms with Crippen LogP contribution in [0.15, 0.2) is 0 Å². The number of hydrogen-bond acceptors (Lipinski definition) is 4. The van der Waals surface area contributed by atoms with Gasteiger partial charge in [-0.05, 0) is 5.92 Å². The topological polar surface area (TPSA) is 103 Å². The zero-order chi connectivity index (χ0) is 13.3. The lowest BCUT2D eigenvalue weighted by Gasteiger charge is -2.22. The van der Waals surface area contributed by atoms with Crippen LogP contribution in [0.4, 0.5) is 4.79 Å². The number of urea groups is 1. The highest BCUT2D eigenvalue weighted by Crippen LogP contribution is 2.07. The van der Waals surface area contributed by atoms with E-state index in [0.29, 0.717) is 6.61 Å². The molecule has 0 aromatic rings. The number of hydrogen-bond donors (Lipinski definition) is 3. The summed E-state index contributed by atoms with van der Waals surface area (Å²) in [4.78, 5) is 27.4. The van der Waals surface area contributed by atoms with Gasteiger partial charge in [-0.25, -0.2) is 10.3 Å². The molecule has 7 nitrogen and oxygen atoms in total. The van der Waals surface area contributed by atoms with Crippen molar-refractivity contribution in [1.29, 1.82) is 0 Å². The lowest BCUT2D eigenvalue weighted by Crippen LogP contribution is -2.51. The molecule has 0 saturated heterocycles. The van der Waals surface area contributed by atoms with E-state index < -0.39 is 18.0 Å². The fourth-order valence-corrected chi connectivity index (χ4v) is 1.17. The number of rotatable bonds is 8. The van der Waals surface area contributed by atoms with E-state index in [2.05, 4.69) is 10.8 Å². The Morgan fingerprint density at radius 2 is 2.00 bits per heavy atom. The summed E-state index contributed by atoms with van der Waals surface area (Å²) in [6.45, 7) is 4.37. The summed E-state index contributed by atoms with van der Waals surface area (Å²) in [5.41, 5.74) is 7.26. The molecular formula is C10H21N3O4. The molecule has 0 spiro atoms. The number of nitrogens with two attached hydrogens (primary N) is 1. The summed E-state index contributed by atoms with van der Waals surface area (Å²) >= 11 is 0. The first-order valence-corrected chi connectivity index (χ1v) is 5.49. The maximum absolute atomic E-state index is 11.7. The Balaban J connectivity index is 4.18. The molecule has 2 atom stereocenters. The quantitative estimate of drug-likeness (QED) is 0.407. The minimum absolute atomic E-state index is 0.0338. The van der Waals surface area contributed by atoms with E-state index in [4.69, 9.17) is 15.3 Å². The lowest BCUT2D eigenvalue weighted by molar-refractivity contribution is -0.137. The number of primary amides is 1. The van der Waals surface area contributed by atoms with Crippen LogP contribution in [-0.2, 0) is 14.4 Å². The van der Waals surface area contributed by atoms with Crippen molar-refractivity contribution in [3.63, 3.8) is 0 Å². The highest BCUT2D eigenvalue weighted by atomic mass is 16.7. The van der Waals surface area contributed by atoms with Crippen LogP contribution in [0.1, 0.15) is 20.3 Å². The van der Waals surface area contributed by atoms with Crippen molar-refractivity contribution >= 4 is 11.9 Å². The predicted molar refractivity (Wildman–Crippen MR) is 61.9 cm³/mol. The molecule has 0 radical (unpaired) electrons. The second-order valence-corrected chi connectivity index (χ2v) is 3.68. The fourth-order valence-electron chi connectivity index (χ4n) is 1.17. The number of carbonyl (C=O) groups excluding carboxylic acids is 2. The molecule has 0 heterocycles. The number of methoxy groups -OCH3 is 1. The first-order chi connectivity index (χ1) is 8.02. The molecule has 17 heavy (non-hydrogen) atoms. The second kappa shape index (κ2) is 8.77. The summed E-state index contributed by atoms with van der Waals surface area (Å²) in [7, 11) is 1.53. The van der Waals surface area contributed by atoms with Gasteiger partial charge < -0.3 is 15.8 Å². The normalized spacial score (nSPS) is 13.8. The third-order valence-corrected chi connectivity index (χ3v) is 2.36. The van der Waals surface area contributed by atoms with Gasteiger partial charge in [-0.15, -0.1) is 0 Å². The van der Waals surface area contributed by atoms with Gasteiger partial charge in [0.1, 0.15) is 6.04 Å². The van der Waals surface area contributed by atoms with Gasteiger partial charge in [-0.1, -0.05) is 20.3 Å². The van der Waals surface area contributed by atoms with Crippen LogP contribution >= 0.6 is 0 Å². The monoisotopic (exact) mass is 247 g/mol. The Kier molecular flexibility index (Phi) is 8.08. The first-order valence-electron chi connectivity index (χ1n) is 5.49. The summed E-state index contributed by atoms with van der Waals surface area (Å²) < 4.78 is 4.75. The molecule has 100 valence electrons. The molecule has 0 aromatic carbocycles. The third kappa shape index (κ3) is 6.75. The first kappa shape index (κ1) is 15.7. The van der Waals surface area contributed by atoms with E-state index in [0.717, 1.165) is 6.42 Å². The van der Waals surface area contributed by atoms with Crippen LogP contribution in [0.5, 0.6) is 0 Å². The summed E-state index contributed by atoms with van der Waals surface area (Å²) in [6.07, 6.45) is 0.733. The van der Waals surface area contributed by atoms with Crippen molar-refractivity contribution in [3.8, 4) is 0 Å². The highest BCUT2D eigenvalue weighted by molar-refractivity contribution is 5.86. The summed E-state index contributed by atoms with van der Waals surface area (Å²) in [5, 5.41) is 2.39. The van der Waals surface area contributed by atoms with Gasteiger partial charge >= 0.3 is 6.03 Å². The highest BCUT2D eigenvalue weighted by Gasteiger charge is 2.25. The molecule has 0 saturated carbocycles. The van der Waals surface area contributed by atoms with Gasteiger partial charge in [0.05, 0.1) is 13.2 Å². The molecule has 0 aromatic heterocycles. The number of amides is 3. The molecular weight excluding hydrogens is 226 g/mol. The number of nitrogens with one attached hydrogen (secondary N) is 2. The van der Waals surface area contributed by atoms with Crippen molar-refractivity contribution in [1.82, 2.24) is 10.8 Å². The number of ether oxygens (including phenoxy) is 1. The van der Waals surface area contributed by atoms with Crippen molar-refractivity contribution in [2.75, 3.05) is 20.3 Å². The molecule has 2 unspecified atom stereocenters. The molecule has 7 heteroatoms.